The lowest BCUT2D eigenvalue weighted by Gasteiger charge is -2.31. The van der Waals surface area contributed by atoms with Crippen LogP contribution in [0.25, 0.3) is 11.2 Å². The Kier molecular flexibility index (Phi) is 5.29. The summed E-state index contributed by atoms with van der Waals surface area (Å²) >= 11 is 7.72. The molecular formula is C21H19ClN6O2S. The molecule has 0 unspecified atom stereocenters. The van der Waals surface area contributed by atoms with Crippen molar-refractivity contribution in [3.05, 3.63) is 73.4 Å². The molecule has 5 rings (SSSR count). The number of nitrogens with one attached hydrogen (secondary N) is 1. The van der Waals surface area contributed by atoms with Gasteiger partial charge in [0, 0.05) is 24.0 Å². The maximum atomic E-state index is 12.6. The minimum absolute atomic E-state index is 0.0624. The number of carbonyl (C=O) groups is 1. The van der Waals surface area contributed by atoms with Crippen LogP contribution in [-0.4, -0.2) is 48.9 Å². The molecule has 0 bridgehead atoms. The van der Waals surface area contributed by atoms with Gasteiger partial charge in [0.25, 0.3) is 11.5 Å². The highest BCUT2D eigenvalue weighted by molar-refractivity contribution is 7.12. The first-order valence-corrected chi connectivity index (χ1v) is 11.3. The summed E-state index contributed by atoms with van der Waals surface area (Å²) in [5, 5.41) is 10.7. The Morgan fingerprint density at radius 2 is 2.00 bits per heavy atom. The average molecular weight is 455 g/mol. The Hall–Kier alpha value is -3.04. The van der Waals surface area contributed by atoms with E-state index in [1.54, 1.807) is 4.68 Å². The lowest BCUT2D eigenvalue weighted by molar-refractivity contribution is 0.0716. The standard InChI is InChI=1S/C21H19ClN6O2S/c22-15-5-2-1-4-14(15)12-28-19-17(25-26-28)20(29)24-18(23-19)13-7-9-27(10-8-13)21(30)16-6-3-11-31-16/h1-6,11,13H,7-10,12H2,(H,23,24,29). The lowest BCUT2D eigenvalue weighted by Crippen LogP contribution is -2.38. The average Bonchev–Trinajstić information content (AvgIpc) is 3.46. The van der Waals surface area contributed by atoms with E-state index >= 15 is 0 Å². The van der Waals surface area contributed by atoms with Crippen LogP contribution in [0.1, 0.15) is 39.8 Å². The van der Waals surface area contributed by atoms with Gasteiger partial charge in [-0.3, -0.25) is 9.59 Å². The second kappa shape index (κ2) is 8.24. The van der Waals surface area contributed by atoms with Crippen molar-refractivity contribution in [3.63, 3.8) is 0 Å². The predicted octanol–water partition coefficient (Wildman–Crippen LogP) is 3.30. The number of piperidine rings is 1. The minimum Gasteiger partial charge on any atom is -0.338 e. The fraction of sp³-hybridized carbons (Fsp3) is 0.286. The summed E-state index contributed by atoms with van der Waals surface area (Å²) in [4.78, 5) is 35.4. The second-order valence-corrected chi connectivity index (χ2v) is 8.86. The van der Waals surface area contributed by atoms with Crippen molar-refractivity contribution in [2.75, 3.05) is 13.1 Å². The summed E-state index contributed by atoms with van der Waals surface area (Å²) in [6, 6.07) is 11.2. The maximum absolute atomic E-state index is 12.6. The number of thiophene rings is 1. The van der Waals surface area contributed by atoms with Crippen LogP contribution >= 0.6 is 22.9 Å². The Balaban J connectivity index is 1.38. The number of H-pyrrole nitrogens is 1. The van der Waals surface area contributed by atoms with E-state index in [4.69, 9.17) is 16.6 Å². The van der Waals surface area contributed by atoms with Crippen molar-refractivity contribution < 1.29 is 4.79 Å². The van der Waals surface area contributed by atoms with Crippen LogP contribution in [-0.2, 0) is 6.54 Å². The quantitative estimate of drug-likeness (QED) is 0.510. The van der Waals surface area contributed by atoms with Gasteiger partial charge in [-0.15, -0.1) is 16.4 Å². The zero-order chi connectivity index (χ0) is 21.4. The van der Waals surface area contributed by atoms with Gasteiger partial charge >= 0.3 is 0 Å². The molecule has 0 saturated carbocycles. The third-order valence-corrected chi connectivity index (χ3v) is 6.80. The highest BCUT2D eigenvalue weighted by atomic mass is 35.5. The molecule has 0 radical (unpaired) electrons. The van der Waals surface area contributed by atoms with E-state index in [1.165, 1.54) is 11.3 Å². The summed E-state index contributed by atoms with van der Waals surface area (Å²) in [5.74, 6) is 0.740. The Labute approximate surface area is 186 Å². The van der Waals surface area contributed by atoms with Crippen LogP contribution in [0.15, 0.2) is 46.6 Å². The van der Waals surface area contributed by atoms with Crippen molar-refractivity contribution in [2.24, 2.45) is 0 Å². The number of rotatable bonds is 4. The molecule has 10 heteroatoms. The zero-order valence-electron chi connectivity index (χ0n) is 16.5. The maximum Gasteiger partial charge on any atom is 0.281 e. The molecule has 1 fully saturated rings. The van der Waals surface area contributed by atoms with Crippen LogP contribution in [0.4, 0.5) is 0 Å². The van der Waals surface area contributed by atoms with Crippen LogP contribution < -0.4 is 5.56 Å². The molecule has 4 heterocycles. The van der Waals surface area contributed by atoms with Gasteiger partial charge in [0.1, 0.15) is 5.82 Å². The molecule has 1 saturated heterocycles. The number of likely N-dealkylation sites (tertiary alicyclic amines) is 1. The topological polar surface area (TPSA) is 96.8 Å². The van der Waals surface area contributed by atoms with E-state index in [1.807, 2.05) is 46.7 Å². The van der Waals surface area contributed by atoms with Crippen molar-refractivity contribution in [1.82, 2.24) is 29.9 Å². The zero-order valence-corrected chi connectivity index (χ0v) is 18.1. The fourth-order valence-corrected chi connectivity index (χ4v) is 4.77. The number of carbonyl (C=O) groups excluding carboxylic acids is 1. The summed E-state index contributed by atoms with van der Waals surface area (Å²) in [7, 11) is 0. The molecule has 8 nitrogen and oxygen atoms in total. The number of aromatic nitrogens is 5. The van der Waals surface area contributed by atoms with Gasteiger partial charge in [-0.25, -0.2) is 9.67 Å². The van der Waals surface area contributed by atoms with E-state index < -0.39 is 0 Å². The van der Waals surface area contributed by atoms with Crippen molar-refractivity contribution in [3.8, 4) is 0 Å². The van der Waals surface area contributed by atoms with E-state index in [9.17, 15) is 9.59 Å². The molecule has 158 valence electrons. The molecule has 0 atom stereocenters. The molecular weight excluding hydrogens is 436 g/mol. The monoisotopic (exact) mass is 454 g/mol. The number of halogens is 1. The number of fused-ring (bicyclic) bond motifs is 1. The number of hydrogen-bond donors (Lipinski definition) is 1. The third-order valence-electron chi connectivity index (χ3n) is 5.57. The molecule has 4 aromatic rings. The summed E-state index contributed by atoms with van der Waals surface area (Å²) in [5.41, 5.74) is 1.22. The van der Waals surface area contributed by atoms with Gasteiger partial charge in [0.15, 0.2) is 11.2 Å². The van der Waals surface area contributed by atoms with Crippen molar-refractivity contribution in [1.29, 1.82) is 0 Å². The van der Waals surface area contributed by atoms with Crippen LogP contribution in [0.5, 0.6) is 0 Å². The Bertz CT molecular complexity index is 1290. The summed E-state index contributed by atoms with van der Waals surface area (Å²) < 4.78 is 1.60. The summed E-state index contributed by atoms with van der Waals surface area (Å²) in [6.45, 7) is 1.63. The molecule has 1 N–H and O–H groups in total. The van der Waals surface area contributed by atoms with E-state index in [-0.39, 0.29) is 22.9 Å². The van der Waals surface area contributed by atoms with Gasteiger partial charge in [0.05, 0.1) is 11.4 Å². The highest BCUT2D eigenvalue weighted by Gasteiger charge is 2.27. The summed E-state index contributed by atoms with van der Waals surface area (Å²) in [6.07, 6.45) is 1.47. The lowest BCUT2D eigenvalue weighted by atomic mass is 9.96. The van der Waals surface area contributed by atoms with E-state index in [0.717, 1.165) is 23.3 Å². The molecule has 1 aromatic carbocycles. The Morgan fingerprint density at radius 3 is 2.74 bits per heavy atom. The van der Waals surface area contributed by atoms with Gasteiger partial charge in [0.2, 0.25) is 0 Å². The molecule has 1 aliphatic rings. The number of hydrogen-bond acceptors (Lipinski definition) is 6. The Morgan fingerprint density at radius 1 is 1.19 bits per heavy atom. The van der Waals surface area contributed by atoms with E-state index in [2.05, 4.69) is 15.3 Å². The van der Waals surface area contributed by atoms with Gasteiger partial charge in [-0.05, 0) is 35.9 Å². The first-order chi connectivity index (χ1) is 15.1. The van der Waals surface area contributed by atoms with Gasteiger partial charge in [-0.2, -0.15) is 0 Å². The molecule has 0 spiro atoms. The number of amides is 1. The first-order valence-electron chi connectivity index (χ1n) is 10.00. The molecule has 0 aliphatic carbocycles. The molecule has 1 amide bonds. The van der Waals surface area contributed by atoms with Gasteiger partial charge in [-0.1, -0.05) is 41.1 Å². The molecule has 1 aliphatic heterocycles. The highest BCUT2D eigenvalue weighted by Crippen LogP contribution is 2.27. The van der Waals surface area contributed by atoms with Crippen LogP contribution in [0.2, 0.25) is 5.02 Å². The smallest absolute Gasteiger partial charge is 0.281 e. The predicted molar refractivity (Wildman–Crippen MR) is 119 cm³/mol. The third kappa shape index (κ3) is 3.86. The van der Waals surface area contributed by atoms with E-state index in [0.29, 0.717) is 36.1 Å². The number of aromatic amines is 1. The minimum atomic E-state index is -0.303. The molecule has 3 aromatic heterocycles. The SMILES string of the molecule is O=C(c1cccs1)N1CCC(c2nc3c(nnn3Cc3ccccc3Cl)c(=O)[nH]2)CC1. The van der Waals surface area contributed by atoms with Gasteiger partial charge < -0.3 is 9.88 Å². The second-order valence-electron chi connectivity index (χ2n) is 7.51. The van der Waals surface area contributed by atoms with Crippen molar-refractivity contribution >= 4 is 40.0 Å². The van der Waals surface area contributed by atoms with Crippen molar-refractivity contribution in [2.45, 2.75) is 25.3 Å². The first kappa shape index (κ1) is 19.9. The normalized spacial score (nSPS) is 14.9. The largest absolute Gasteiger partial charge is 0.338 e. The number of nitrogens with zero attached hydrogens (tertiary/aromatic N) is 5. The molecule has 31 heavy (non-hydrogen) atoms. The fourth-order valence-electron chi connectivity index (χ4n) is 3.88. The number of benzene rings is 1. The van der Waals surface area contributed by atoms with Crippen LogP contribution in [0, 0.1) is 0 Å². The van der Waals surface area contributed by atoms with Crippen LogP contribution in [0.3, 0.4) is 0 Å².